The van der Waals surface area contributed by atoms with Gasteiger partial charge in [0.15, 0.2) is 11.5 Å². The van der Waals surface area contributed by atoms with Crippen LogP contribution in [-0.2, 0) is 6.54 Å². The van der Waals surface area contributed by atoms with Gasteiger partial charge in [-0.25, -0.2) is 0 Å². The summed E-state index contributed by atoms with van der Waals surface area (Å²) in [5, 5.41) is 6.81. The maximum atomic E-state index is 12.3. The zero-order valence-electron chi connectivity index (χ0n) is 12.5. The van der Waals surface area contributed by atoms with Gasteiger partial charge in [-0.3, -0.25) is 9.48 Å². The number of nitrogens with zero attached hydrogens (tertiary/aromatic N) is 2. The molecule has 0 aliphatic heterocycles. The van der Waals surface area contributed by atoms with Crippen LogP contribution in [0, 0.1) is 0 Å². The molecule has 0 radical (unpaired) electrons. The van der Waals surface area contributed by atoms with Crippen molar-refractivity contribution in [2.45, 2.75) is 19.6 Å². The van der Waals surface area contributed by atoms with Crippen molar-refractivity contribution < 1.29 is 23.0 Å². The predicted molar refractivity (Wildman–Crippen MR) is 78.8 cm³/mol. The number of nitrogens with one attached hydrogen (secondary N) is 1. The van der Waals surface area contributed by atoms with E-state index < -0.39 is 6.61 Å². The molecule has 0 saturated carbocycles. The molecule has 0 spiro atoms. The number of ether oxygens (including phenoxy) is 2. The number of aromatic nitrogens is 2. The Kier molecular flexibility index (Phi) is 5.90. The van der Waals surface area contributed by atoms with Gasteiger partial charge in [0.2, 0.25) is 0 Å². The van der Waals surface area contributed by atoms with Gasteiger partial charge < -0.3 is 14.8 Å². The van der Waals surface area contributed by atoms with Crippen LogP contribution in [0.2, 0.25) is 0 Å². The van der Waals surface area contributed by atoms with Crippen molar-refractivity contribution in [1.82, 2.24) is 15.1 Å². The van der Waals surface area contributed by atoms with Gasteiger partial charge in [0.05, 0.1) is 7.11 Å². The Balaban J connectivity index is 1.88. The quantitative estimate of drug-likeness (QED) is 0.757. The second-order valence-corrected chi connectivity index (χ2v) is 4.62. The van der Waals surface area contributed by atoms with Gasteiger partial charge in [-0.15, -0.1) is 0 Å². The predicted octanol–water partition coefficient (Wildman–Crippen LogP) is 2.31. The molecular formula is C15H17F2N3O3. The van der Waals surface area contributed by atoms with E-state index in [1.54, 1.807) is 10.9 Å². The number of carbonyl (C=O) groups excluding carboxylic acids is 1. The van der Waals surface area contributed by atoms with Crippen molar-refractivity contribution in [3.8, 4) is 11.5 Å². The van der Waals surface area contributed by atoms with Gasteiger partial charge in [0.1, 0.15) is 0 Å². The fourth-order valence-electron chi connectivity index (χ4n) is 1.98. The molecule has 1 amide bonds. The maximum absolute atomic E-state index is 12.3. The number of benzene rings is 1. The van der Waals surface area contributed by atoms with E-state index in [9.17, 15) is 13.6 Å². The minimum Gasteiger partial charge on any atom is -0.493 e. The highest BCUT2D eigenvalue weighted by Crippen LogP contribution is 2.29. The Morgan fingerprint density at radius 2 is 2.22 bits per heavy atom. The van der Waals surface area contributed by atoms with Crippen LogP contribution >= 0.6 is 0 Å². The molecule has 2 rings (SSSR count). The average Bonchev–Trinajstić information content (AvgIpc) is 3.04. The summed E-state index contributed by atoms with van der Waals surface area (Å²) in [5.41, 5.74) is 0.308. The lowest BCUT2D eigenvalue weighted by molar-refractivity contribution is -0.0512. The number of halogens is 2. The average molecular weight is 325 g/mol. The Hall–Kier alpha value is -2.64. The lowest BCUT2D eigenvalue weighted by Gasteiger charge is -2.11. The summed E-state index contributed by atoms with van der Waals surface area (Å²) in [6.07, 6.45) is 4.25. The maximum Gasteiger partial charge on any atom is 0.387 e. The number of hydrogen-bond donors (Lipinski definition) is 1. The molecule has 0 atom stereocenters. The van der Waals surface area contributed by atoms with Gasteiger partial charge >= 0.3 is 6.61 Å². The third-order valence-electron chi connectivity index (χ3n) is 3.05. The first-order valence-corrected chi connectivity index (χ1v) is 6.98. The van der Waals surface area contributed by atoms with Crippen LogP contribution in [0.4, 0.5) is 8.78 Å². The van der Waals surface area contributed by atoms with E-state index in [-0.39, 0.29) is 17.4 Å². The number of methoxy groups -OCH3 is 1. The fraction of sp³-hybridized carbons (Fsp3) is 0.333. The first-order chi connectivity index (χ1) is 11.1. The number of carbonyl (C=O) groups is 1. The summed E-state index contributed by atoms with van der Waals surface area (Å²) in [6, 6.07) is 5.88. The van der Waals surface area contributed by atoms with Crippen molar-refractivity contribution in [2.24, 2.45) is 0 Å². The smallest absolute Gasteiger partial charge is 0.387 e. The molecule has 0 fully saturated rings. The highest BCUT2D eigenvalue weighted by molar-refractivity contribution is 5.94. The van der Waals surface area contributed by atoms with Crippen LogP contribution in [0.25, 0.3) is 0 Å². The summed E-state index contributed by atoms with van der Waals surface area (Å²) in [7, 11) is 1.32. The van der Waals surface area contributed by atoms with Crippen LogP contribution in [0.1, 0.15) is 16.8 Å². The van der Waals surface area contributed by atoms with E-state index in [0.717, 1.165) is 6.42 Å². The molecule has 1 N–H and O–H groups in total. The molecular weight excluding hydrogens is 308 g/mol. The van der Waals surface area contributed by atoms with Gasteiger partial charge in [0, 0.05) is 31.0 Å². The normalized spacial score (nSPS) is 10.6. The monoisotopic (exact) mass is 325 g/mol. The van der Waals surface area contributed by atoms with Crippen molar-refractivity contribution in [2.75, 3.05) is 13.7 Å². The van der Waals surface area contributed by atoms with Crippen LogP contribution in [0.5, 0.6) is 11.5 Å². The van der Waals surface area contributed by atoms with Crippen LogP contribution in [-0.4, -0.2) is 36.0 Å². The number of aryl methyl sites for hydroxylation is 1. The summed E-state index contributed by atoms with van der Waals surface area (Å²) >= 11 is 0. The molecule has 1 aromatic carbocycles. The third-order valence-corrected chi connectivity index (χ3v) is 3.05. The Labute approximate surface area is 132 Å². The molecule has 1 heterocycles. The number of alkyl halides is 2. The van der Waals surface area contributed by atoms with Gasteiger partial charge in [-0.1, -0.05) is 0 Å². The summed E-state index contributed by atoms with van der Waals surface area (Å²) in [4.78, 5) is 12.0. The zero-order valence-corrected chi connectivity index (χ0v) is 12.5. The summed E-state index contributed by atoms with van der Waals surface area (Å²) in [5.74, 6) is -0.348. The fourth-order valence-corrected chi connectivity index (χ4v) is 1.98. The van der Waals surface area contributed by atoms with Crippen molar-refractivity contribution >= 4 is 5.91 Å². The van der Waals surface area contributed by atoms with Gasteiger partial charge in [0.25, 0.3) is 5.91 Å². The van der Waals surface area contributed by atoms with Crippen molar-refractivity contribution in [3.63, 3.8) is 0 Å². The second kappa shape index (κ2) is 8.11. The van der Waals surface area contributed by atoms with Crippen molar-refractivity contribution in [1.29, 1.82) is 0 Å². The SMILES string of the molecule is COc1cc(C(=O)NCCCn2cccn2)ccc1OC(F)F. The van der Waals surface area contributed by atoms with E-state index in [4.69, 9.17) is 4.74 Å². The van der Waals surface area contributed by atoms with E-state index >= 15 is 0 Å². The highest BCUT2D eigenvalue weighted by atomic mass is 19.3. The molecule has 0 aliphatic carbocycles. The topological polar surface area (TPSA) is 65.4 Å². The van der Waals surface area contributed by atoms with E-state index in [2.05, 4.69) is 15.2 Å². The Bertz CT molecular complexity index is 633. The minimum atomic E-state index is -2.95. The Morgan fingerprint density at radius 3 is 2.87 bits per heavy atom. The molecule has 0 bridgehead atoms. The highest BCUT2D eigenvalue weighted by Gasteiger charge is 2.13. The largest absolute Gasteiger partial charge is 0.493 e. The molecule has 23 heavy (non-hydrogen) atoms. The first kappa shape index (κ1) is 16.7. The molecule has 124 valence electrons. The zero-order chi connectivity index (χ0) is 16.7. The molecule has 0 saturated heterocycles. The number of hydrogen-bond acceptors (Lipinski definition) is 4. The second-order valence-electron chi connectivity index (χ2n) is 4.62. The van der Waals surface area contributed by atoms with E-state index in [1.165, 1.54) is 25.3 Å². The molecule has 0 aliphatic rings. The standard InChI is InChI=1S/C15H17F2N3O3/c1-22-13-10-11(4-5-12(13)23-15(16)17)14(21)18-6-2-8-20-9-3-7-19-20/h3-5,7,9-10,15H,2,6,8H2,1H3,(H,18,21). The van der Waals surface area contributed by atoms with E-state index in [1.807, 2.05) is 12.3 Å². The van der Waals surface area contributed by atoms with E-state index in [0.29, 0.717) is 18.7 Å². The van der Waals surface area contributed by atoms with Gasteiger partial charge in [-0.2, -0.15) is 13.9 Å². The number of amides is 1. The lowest BCUT2D eigenvalue weighted by Crippen LogP contribution is -2.25. The lowest BCUT2D eigenvalue weighted by atomic mass is 10.2. The number of rotatable bonds is 8. The molecule has 8 heteroatoms. The molecule has 6 nitrogen and oxygen atoms in total. The van der Waals surface area contributed by atoms with Crippen LogP contribution < -0.4 is 14.8 Å². The van der Waals surface area contributed by atoms with Crippen molar-refractivity contribution in [3.05, 3.63) is 42.2 Å². The van der Waals surface area contributed by atoms with Crippen LogP contribution in [0.3, 0.4) is 0 Å². The minimum absolute atomic E-state index is 0.0782. The van der Waals surface area contributed by atoms with Crippen LogP contribution in [0.15, 0.2) is 36.7 Å². The molecule has 1 aromatic heterocycles. The molecule has 0 unspecified atom stereocenters. The summed E-state index contributed by atoms with van der Waals surface area (Å²) in [6.45, 7) is -1.79. The first-order valence-electron chi connectivity index (χ1n) is 6.98. The third kappa shape index (κ3) is 4.94. The van der Waals surface area contributed by atoms with Gasteiger partial charge in [-0.05, 0) is 30.7 Å². The Morgan fingerprint density at radius 1 is 1.39 bits per heavy atom. The summed E-state index contributed by atoms with van der Waals surface area (Å²) < 4.78 is 35.6. The molecule has 2 aromatic rings.